The lowest BCUT2D eigenvalue weighted by atomic mass is 9.92. The first-order chi connectivity index (χ1) is 12.1. The molecule has 1 N–H and O–H groups in total. The van der Waals surface area contributed by atoms with E-state index in [0.717, 1.165) is 49.8 Å². The van der Waals surface area contributed by atoms with Gasteiger partial charge in [-0.25, -0.2) is 4.68 Å². The van der Waals surface area contributed by atoms with Gasteiger partial charge in [-0.1, -0.05) is 18.2 Å². The molecule has 25 heavy (non-hydrogen) atoms. The molecule has 1 heterocycles. The summed E-state index contributed by atoms with van der Waals surface area (Å²) < 4.78 is 2.07. The predicted molar refractivity (Wildman–Crippen MR) is 98.8 cm³/mol. The van der Waals surface area contributed by atoms with E-state index in [4.69, 9.17) is 0 Å². The van der Waals surface area contributed by atoms with Crippen molar-refractivity contribution in [2.45, 2.75) is 58.4 Å². The predicted octanol–water partition coefficient (Wildman–Crippen LogP) is 4.09. The summed E-state index contributed by atoms with van der Waals surface area (Å²) >= 11 is 0. The number of benzene rings is 1. The molecular formula is C21H25N3O. The Morgan fingerprint density at radius 3 is 2.92 bits per heavy atom. The summed E-state index contributed by atoms with van der Waals surface area (Å²) in [5, 5.41) is 7.92. The summed E-state index contributed by atoms with van der Waals surface area (Å²) in [4.78, 5) is 12.5. The Morgan fingerprint density at radius 1 is 1.24 bits per heavy atom. The average Bonchev–Trinajstić information content (AvgIpc) is 3.27. The first kappa shape index (κ1) is 16.1. The van der Waals surface area contributed by atoms with Crippen molar-refractivity contribution < 1.29 is 4.79 Å². The largest absolute Gasteiger partial charge is 0.345 e. The van der Waals surface area contributed by atoms with Crippen LogP contribution in [0.15, 0.2) is 36.0 Å². The van der Waals surface area contributed by atoms with Crippen molar-refractivity contribution in [3.63, 3.8) is 0 Å². The number of rotatable bonds is 3. The highest BCUT2D eigenvalue weighted by molar-refractivity contribution is 5.94. The van der Waals surface area contributed by atoms with Gasteiger partial charge in [0.15, 0.2) is 0 Å². The number of aryl methyl sites for hydroxylation is 1. The summed E-state index contributed by atoms with van der Waals surface area (Å²) in [7, 11) is 0. The standard InChI is InChI=1S/C21H25N3O/c1-14-7-5-11-19(15(14)2)24-20-12-6-10-18(17(20)13-22-24)23-21(25)16-8-3-4-9-16/h5,7-8,11,13,18H,3-4,6,9-10,12H2,1-2H3,(H,23,25)/t18-/m1/s1. The number of carbonyl (C=O) groups is 1. The van der Waals surface area contributed by atoms with Crippen LogP contribution in [-0.2, 0) is 11.2 Å². The van der Waals surface area contributed by atoms with Crippen molar-refractivity contribution in [3.05, 3.63) is 58.4 Å². The van der Waals surface area contributed by atoms with E-state index < -0.39 is 0 Å². The van der Waals surface area contributed by atoms with E-state index in [2.05, 4.69) is 53.2 Å². The van der Waals surface area contributed by atoms with E-state index in [0.29, 0.717) is 0 Å². The number of carbonyl (C=O) groups excluding carboxylic acids is 1. The molecule has 0 spiro atoms. The maximum Gasteiger partial charge on any atom is 0.247 e. The van der Waals surface area contributed by atoms with Gasteiger partial charge in [0.1, 0.15) is 0 Å². The van der Waals surface area contributed by atoms with Gasteiger partial charge in [-0.2, -0.15) is 5.10 Å². The lowest BCUT2D eigenvalue weighted by Gasteiger charge is -2.25. The van der Waals surface area contributed by atoms with Crippen LogP contribution in [0.2, 0.25) is 0 Å². The fraction of sp³-hybridized carbons (Fsp3) is 0.429. The Kier molecular flexibility index (Phi) is 4.20. The fourth-order valence-electron chi connectivity index (χ4n) is 4.01. The van der Waals surface area contributed by atoms with Crippen LogP contribution in [0.5, 0.6) is 0 Å². The molecule has 0 saturated heterocycles. The van der Waals surface area contributed by atoms with E-state index in [1.165, 1.54) is 22.4 Å². The Labute approximate surface area is 148 Å². The Bertz CT molecular complexity index is 847. The van der Waals surface area contributed by atoms with Gasteiger partial charge in [-0.15, -0.1) is 0 Å². The van der Waals surface area contributed by atoms with Gasteiger partial charge in [-0.05, 0) is 69.6 Å². The number of hydrogen-bond donors (Lipinski definition) is 1. The van der Waals surface area contributed by atoms with Crippen LogP contribution in [0.4, 0.5) is 0 Å². The first-order valence-corrected chi connectivity index (χ1v) is 9.28. The van der Waals surface area contributed by atoms with Crippen LogP contribution in [0, 0.1) is 13.8 Å². The molecule has 130 valence electrons. The summed E-state index contributed by atoms with van der Waals surface area (Å²) in [5.74, 6) is 0.106. The van der Waals surface area contributed by atoms with Crippen LogP contribution in [-0.4, -0.2) is 15.7 Å². The van der Waals surface area contributed by atoms with Crippen LogP contribution < -0.4 is 5.32 Å². The van der Waals surface area contributed by atoms with Gasteiger partial charge < -0.3 is 5.32 Å². The molecule has 0 bridgehead atoms. The second-order valence-electron chi connectivity index (χ2n) is 7.22. The fourth-order valence-corrected chi connectivity index (χ4v) is 4.01. The number of allylic oxidation sites excluding steroid dienone is 1. The van der Waals surface area contributed by atoms with Gasteiger partial charge in [-0.3, -0.25) is 4.79 Å². The number of nitrogens with one attached hydrogen (secondary N) is 1. The van der Waals surface area contributed by atoms with Crippen LogP contribution in [0.3, 0.4) is 0 Å². The highest BCUT2D eigenvalue weighted by atomic mass is 16.1. The molecule has 4 nitrogen and oxygen atoms in total. The minimum absolute atomic E-state index is 0.0802. The highest BCUT2D eigenvalue weighted by Gasteiger charge is 2.27. The monoisotopic (exact) mass is 335 g/mol. The molecule has 2 aromatic rings. The van der Waals surface area contributed by atoms with Crippen molar-refractivity contribution in [1.82, 2.24) is 15.1 Å². The molecule has 0 fully saturated rings. The average molecular weight is 335 g/mol. The van der Waals surface area contributed by atoms with E-state index in [9.17, 15) is 4.79 Å². The third-order valence-corrected chi connectivity index (χ3v) is 5.63. The maximum absolute atomic E-state index is 12.5. The molecule has 0 saturated carbocycles. The summed E-state index contributed by atoms with van der Waals surface area (Å²) in [6, 6.07) is 6.42. The maximum atomic E-state index is 12.5. The lowest BCUT2D eigenvalue weighted by Crippen LogP contribution is -2.31. The molecule has 4 rings (SSSR count). The number of hydrogen-bond acceptors (Lipinski definition) is 2. The molecular weight excluding hydrogens is 310 g/mol. The van der Waals surface area contributed by atoms with E-state index in [-0.39, 0.29) is 11.9 Å². The zero-order chi connectivity index (χ0) is 17.4. The van der Waals surface area contributed by atoms with Crippen molar-refractivity contribution in [2.75, 3.05) is 0 Å². The SMILES string of the molecule is Cc1cccc(-n2ncc3c2CCC[C@H]3NC(=O)C2=CCCC2)c1C. The normalized spacial score (nSPS) is 19.4. The zero-order valence-electron chi connectivity index (χ0n) is 15.0. The molecule has 2 aliphatic carbocycles. The molecule has 0 radical (unpaired) electrons. The molecule has 2 aliphatic rings. The van der Waals surface area contributed by atoms with Crippen molar-refractivity contribution >= 4 is 5.91 Å². The number of amides is 1. The summed E-state index contributed by atoms with van der Waals surface area (Å²) in [6.07, 6.45) is 10.2. The molecule has 1 atom stereocenters. The highest BCUT2D eigenvalue weighted by Crippen LogP contribution is 2.32. The van der Waals surface area contributed by atoms with Gasteiger partial charge in [0.05, 0.1) is 17.9 Å². The Morgan fingerprint density at radius 2 is 2.12 bits per heavy atom. The molecule has 1 amide bonds. The summed E-state index contributed by atoms with van der Waals surface area (Å²) in [5.41, 5.74) is 7.05. The smallest absolute Gasteiger partial charge is 0.247 e. The second-order valence-corrected chi connectivity index (χ2v) is 7.22. The van der Waals surface area contributed by atoms with Crippen LogP contribution in [0.25, 0.3) is 5.69 Å². The van der Waals surface area contributed by atoms with Gasteiger partial charge >= 0.3 is 0 Å². The third kappa shape index (κ3) is 2.90. The molecule has 1 aromatic heterocycles. The van der Waals surface area contributed by atoms with Crippen molar-refractivity contribution in [3.8, 4) is 5.69 Å². The van der Waals surface area contributed by atoms with Crippen LogP contribution >= 0.6 is 0 Å². The lowest BCUT2D eigenvalue weighted by molar-refractivity contribution is -0.118. The van der Waals surface area contributed by atoms with Crippen molar-refractivity contribution in [2.24, 2.45) is 0 Å². The number of nitrogens with zero attached hydrogens (tertiary/aromatic N) is 2. The minimum Gasteiger partial charge on any atom is -0.345 e. The van der Waals surface area contributed by atoms with E-state index in [1.807, 2.05) is 6.20 Å². The topological polar surface area (TPSA) is 46.9 Å². The Hall–Kier alpha value is -2.36. The zero-order valence-corrected chi connectivity index (χ0v) is 15.0. The van der Waals surface area contributed by atoms with E-state index in [1.54, 1.807) is 0 Å². The number of fused-ring (bicyclic) bond motifs is 1. The summed E-state index contributed by atoms with van der Waals surface area (Å²) in [6.45, 7) is 4.28. The van der Waals surface area contributed by atoms with Crippen LogP contribution in [0.1, 0.15) is 60.5 Å². The molecule has 1 aromatic carbocycles. The quantitative estimate of drug-likeness (QED) is 0.918. The first-order valence-electron chi connectivity index (χ1n) is 9.28. The second kappa shape index (κ2) is 6.51. The molecule has 4 heteroatoms. The number of aromatic nitrogens is 2. The molecule has 0 aliphatic heterocycles. The van der Waals surface area contributed by atoms with E-state index >= 15 is 0 Å². The van der Waals surface area contributed by atoms with Crippen molar-refractivity contribution in [1.29, 1.82) is 0 Å². The van der Waals surface area contributed by atoms with Gasteiger partial charge in [0.25, 0.3) is 0 Å². The Balaban J connectivity index is 1.64. The third-order valence-electron chi connectivity index (χ3n) is 5.63. The molecule has 0 unspecified atom stereocenters. The van der Waals surface area contributed by atoms with Gasteiger partial charge in [0, 0.05) is 16.8 Å². The van der Waals surface area contributed by atoms with Gasteiger partial charge in [0.2, 0.25) is 5.91 Å². The minimum atomic E-state index is 0.0802.